The summed E-state index contributed by atoms with van der Waals surface area (Å²) in [6.45, 7) is 2.51. The van der Waals surface area contributed by atoms with Gasteiger partial charge in [0.25, 0.3) is 5.91 Å². The summed E-state index contributed by atoms with van der Waals surface area (Å²) in [5, 5.41) is 0. The Kier molecular flexibility index (Phi) is 5.37. The van der Waals surface area contributed by atoms with Gasteiger partial charge in [0.15, 0.2) is 0 Å². The predicted octanol–water partition coefficient (Wildman–Crippen LogP) is 3.18. The highest BCUT2D eigenvalue weighted by Gasteiger charge is 2.36. The fourth-order valence-electron chi connectivity index (χ4n) is 5.30. The van der Waals surface area contributed by atoms with E-state index in [9.17, 15) is 9.59 Å². The van der Waals surface area contributed by atoms with Crippen LogP contribution >= 0.6 is 0 Å². The topological polar surface area (TPSA) is 66.6 Å². The molecular weight excluding hydrogens is 338 g/mol. The van der Waals surface area contributed by atoms with Crippen LogP contribution in [0.4, 0.5) is 5.69 Å². The number of primary amides is 1. The van der Waals surface area contributed by atoms with Gasteiger partial charge in [0.05, 0.1) is 5.92 Å². The molecule has 4 rings (SSSR count). The minimum atomic E-state index is -0.210. The average Bonchev–Trinajstić information content (AvgIpc) is 3.39. The quantitative estimate of drug-likeness (QED) is 0.886. The number of likely N-dealkylation sites (tertiary alicyclic amines) is 1. The standard InChI is InChI=1S/C22H31N3O2/c23-21(26)18-7-3-13-24(15-18)19-11-9-17(10-12-19)22(27)25-14-4-8-20(25)16-5-1-2-6-16/h9-12,16,18,20H,1-8,13-15H2,(H2,23,26)/t18-,20+/m1/s1. The van der Waals surface area contributed by atoms with Crippen molar-refractivity contribution in [3.63, 3.8) is 0 Å². The first-order valence-corrected chi connectivity index (χ1v) is 10.6. The van der Waals surface area contributed by atoms with E-state index in [0.29, 0.717) is 18.5 Å². The van der Waals surface area contributed by atoms with E-state index < -0.39 is 0 Å². The number of nitrogens with two attached hydrogens (primary N) is 1. The fourth-order valence-corrected chi connectivity index (χ4v) is 5.30. The molecule has 2 amide bonds. The van der Waals surface area contributed by atoms with Crippen LogP contribution in [0.15, 0.2) is 24.3 Å². The van der Waals surface area contributed by atoms with Crippen molar-refractivity contribution >= 4 is 17.5 Å². The second-order valence-corrected chi connectivity index (χ2v) is 8.49. The molecule has 0 spiro atoms. The van der Waals surface area contributed by atoms with Gasteiger partial charge in [-0.2, -0.15) is 0 Å². The summed E-state index contributed by atoms with van der Waals surface area (Å²) in [7, 11) is 0. The van der Waals surface area contributed by atoms with E-state index in [4.69, 9.17) is 5.73 Å². The molecule has 0 radical (unpaired) electrons. The monoisotopic (exact) mass is 369 g/mol. The molecule has 3 fully saturated rings. The van der Waals surface area contributed by atoms with Crippen LogP contribution in [0, 0.1) is 11.8 Å². The Morgan fingerprint density at radius 1 is 0.889 bits per heavy atom. The van der Waals surface area contributed by atoms with E-state index in [0.717, 1.165) is 50.0 Å². The molecule has 1 aliphatic carbocycles. The van der Waals surface area contributed by atoms with Crippen LogP contribution in [0.2, 0.25) is 0 Å². The highest BCUT2D eigenvalue weighted by atomic mass is 16.2. The molecule has 2 aliphatic heterocycles. The molecule has 1 aromatic rings. The Balaban J connectivity index is 1.44. The SMILES string of the molecule is NC(=O)[C@@H]1CCCN(c2ccc(C(=O)N3CCC[C@H]3C3CCCC3)cc2)C1. The van der Waals surface area contributed by atoms with Gasteiger partial charge < -0.3 is 15.5 Å². The maximum Gasteiger partial charge on any atom is 0.254 e. The van der Waals surface area contributed by atoms with Crippen LogP contribution in [0.25, 0.3) is 0 Å². The van der Waals surface area contributed by atoms with Gasteiger partial charge in [-0.15, -0.1) is 0 Å². The van der Waals surface area contributed by atoms with Crippen LogP contribution in [-0.4, -0.2) is 42.4 Å². The van der Waals surface area contributed by atoms with Crippen LogP contribution in [-0.2, 0) is 4.79 Å². The molecular formula is C22H31N3O2. The molecule has 2 saturated heterocycles. The number of nitrogens with zero attached hydrogens (tertiary/aromatic N) is 2. The summed E-state index contributed by atoms with van der Waals surface area (Å²) in [5.41, 5.74) is 7.35. The Hall–Kier alpha value is -2.04. The Morgan fingerprint density at radius 3 is 2.30 bits per heavy atom. The van der Waals surface area contributed by atoms with Crippen LogP contribution in [0.1, 0.15) is 61.7 Å². The molecule has 1 aromatic carbocycles. The lowest BCUT2D eigenvalue weighted by molar-refractivity contribution is -0.122. The first-order valence-electron chi connectivity index (χ1n) is 10.6. The van der Waals surface area contributed by atoms with E-state index >= 15 is 0 Å². The number of anilines is 1. The minimum Gasteiger partial charge on any atom is -0.371 e. The van der Waals surface area contributed by atoms with Gasteiger partial charge in [0.2, 0.25) is 5.91 Å². The Labute approximate surface area is 161 Å². The van der Waals surface area contributed by atoms with Crippen LogP contribution in [0.5, 0.6) is 0 Å². The van der Waals surface area contributed by atoms with Crippen LogP contribution in [0.3, 0.4) is 0 Å². The Bertz CT molecular complexity index is 681. The summed E-state index contributed by atoms with van der Waals surface area (Å²) in [6, 6.07) is 8.40. The molecule has 1 saturated carbocycles. The van der Waals surface area contributed by atoms with Crippen molar-refractivity contribution in [2.24, 2.45) is 17.6 Å². The number of hydrogen-bond donors (Lipinski definition) is 1. The normalized spacial score (nSPS) is 26.5. The molecule has 0 bridgehead atoms. The van der Waals surface area contributed by atoms with Gasteiger partial charge in [-0.05, 0) is 68.7 Å². The molecule has 0 aromatic heterocycles. The highest BCUT2D eigenvalue weighted by molar-refractivity contribution is 5.95. The number of amides is 2. The number of carbonyl (C=O) groups excluding carboxylic acids is 2. The molecule has 5 heteroatoms. The van der Waals surface area contributed by atoms with Gasteiger partial charge in [-0.1, -0.05) is 12.8 Å². The second kappa shape index (κ2) is 7.91. The molecule has 146 valence electrons. The molecule has 3 aliphatic rings. The number of piperidine rings is 1. The van der Waals surface area contributed by atoms with Crippen LogP contribution < -0.4 is 10.6 Å². The lowest BCUT2D eigenvalue weighted by Gasteiger charge is -2.33. The van der Waals surface area contributed by atoms with E-state index in [-0.39, 0.29) is 17.7 Å². The van der Waals surface area contributed by atoms with Gasteiger partial charge in [-0.3, -0.25) is 9.59 Å². The van der Waals surface area contributed by atoms with E-state index in [1.807, 2.05) is 24.3 Å². The summed E-state index contributed by atoms with van der Waals surface area (Å²) < 4.78 is 0. The number of benzene rings is 1. The largest absolute Gasteiger partial charge is 0.371 e. The minimum absolute atomic E-state index is 0.0724. The zero-order chi connectivity index (χ0) is 18.8. The number of rotatable bonds is 4. The summed E-state index contributed by atoms with van der Waals surface area (Å²) in [4.78, 5) is 28.9. The lowest BCUT2D eigenvalue weighted by atomic mass is 9.95. The molecule has 2 atom stereocenters. The first kappa shape index (κ1) is 18.3. The van der Waals surface area contributed by atoms with Crippen molar-refractivity contribution in [3.8, 4) is 0 Å². The molecule has 2 heterocycles. The summed E-state index contributed by atoms with van der Waals surface area (Å²) >= 11 is 0. The highest BCUT2D eigenvalue weighted by Crippen LogP contribution is 2.36. The third kappa shape index (κ3) is 3.83. The lowest BCUT2D eigenvalue weighted by Crippen LogP contribution is -2.41. The zero-order valence-corrected chi connectivity index (χ0v) is 16.1. The predicted molar refractivity (Wildman–Crippen MR) is 107 cm³/mol. The van der Waals surface area contributed by atoms with Gasteiger partial charge in [0, 0.05) is 36.9 Å². The molecule has 5 nitrogen and oxygen atoms in total. The van der Waals surface area contributed by atoms with Crippen molar-refractivity contribution in [2.75, 3.05) is 24.5 Å². The smallest absolute Gasteiger partial charge is 0.254 e. The maximum absolute atomic E-state index is 13.1. The van der Waals surface area contributed by atoms with Crippen molar-refractivity contribution in [2.45, 2.75) is 57.4 Å². The third-order valence-corrected chi connectivity index (χ3v) is 6.81. The first-order chi connectivity index (χ1) is 13.1. The second-order valence-electron chi connectivity index (χ2n) is 8.49. The number of hydrogen-bond acceptors (Lipinski definition) is 3. The maximum atomic E-state index is 13.1. The van der Waals surface area contributed by atoms with Gasteiger partial charge >= 0.3 is 0 Å². The van der Waals surface area contributed by atoms with Gasteiger partial charge in [0.1, 0.15) is 0 Å². The molecule has 2 N–H and O–H groups in total. The fraction of sp³-hybridized carbons (Fsp3) is 0.636. The van der Waals surface area contributed by atoms with Crippen molar-refractivity contribution in [1.82, 2.24) is 4.90 Å². The van der Waals surface area contributed by atoms with Crippen molar-refractivity contribution in [3.05, 3.63) is 29.8 Å². The third-order valence-electron chi connectivity index (χ3n) is 6.81. The van der Waals surface area contributed by atoms with E-state index in [1.165, 1.54) is 25.7 Å². The Morgan fingerprint density at radius 2 is 1.59 bits per heavy atom. The summed E-state index contributed by atoms with van der Waals surface area (Å²) in [6.07, 6.45) is 9.35. The van der Waals surface area contributed by atoms with E-state index in [2.05, 4.69) is 9.80 Å². The van der Waals surface area contributed by atoms with Crippen molar-refractivity contribution < 1.29 is 9.59 Å². The van der Waals surface area contributed by atoms with Crippen molar-refractivity contribution in [1.29, 1.82) is 0 Å². The average molecular weight is 370 g/mol. The van der Waals surface area contributed by atoms with Gasteiger partial charge in [-0.25, -0.2) is 0 Å². The molecule has 27 heavy (non-hydrogen) atoms. The number of carbonyl (C=O) groups is 2. The molecule has 0 unspecified atom stereocenters. The van der Waals surface area contributed by atoms with E-state index in [1.54, 1.807) is 0 Å². The zero-order valence-electron chi connectivity index (χ0n) is 16.1. The summed E-state index contributed by atoms with van der Waals surface area (Å²) in [5.74, 6) is 0.606.